The summed E-state index contributed by atoms with van der Waals surface area (Å²) in [6.45, 7) is 4.90. The zero-order chi connectivity index (χ0) is 24.8. The Kier molecular flexibility index (Phi) is 9.26. The minimum absolute atomic E-state index is 0.207. The van der Waals surface area contributed by atoms with E-state index in [1.807, 2.05) is 30.3 Å². The van der Waals surface area contributed by atoms with Crippen molar-refractivity contribution in [2.24, 2.45) is 5.92 Å². The van der Waals surface area contributed by atoms with E-state index in [0.717, 1.165) is 5.56 Å². The molecule has 0 aliphatic carbocycles. The molecule has 0 saturated carbocycles. The van der Waals surface area contributed by atoms with Crippen molar-refractivity contribution in [3.8, 4) is 0 Å². The Morgan fingerprint density at radius 3 is 2.33 bits per heavy atom. The Bertz CT molecular complexity index is 1110. The molecule has 2 unspecified atom stereocenters. The van der Waals surface area contributed by atoms with E-state index in [1.54, 1.807) is 39.0 Å². The number of carboxylic acids is 1. The molecular weight excluding hydrogens is 463 g/mol. The Morgan fingerprint density at radius 2 is 1.76 bits per heavy atom. The summed E-state index contributed by atoms with van der Waals surface area (Å²) in [7, 11) is -8.13. The summed E-state index contributed by atoms with van der Waals surface area (Å²) >= 11 is 0. The summed E-state index contributed by atoms with van der Waals surface area (Å²) in [5, 5.41) is 9.77. The molecule has 2 aromatic carbocycles. The summed E-state index contributed by atoms with van der Waals surface area (Å²) < 4.78 is 41.1. The molecule has 33 heavy (non-hydrogen) atoms. The number of hydrogen-bond acceptors (Lipinski definition) is 5. The lowest BCUT2D eigenvalue weighted by molar-refractivity contribution is -0.138. The fourth-order valence-corrected chi connectivity index (χ4v) is 8.23. The quantitative estimate of drug-likeness (QED) is 0.259. The van der Waals surface area contributed by atoms with E-state index in [1.165, 1.54) is 0 Å². The lowest BCUT2D eigenvalue weighted by Crippen LogP contribution is -2.41. The predicted molar refractivity (Wildman–Crippen MR) is 131 cm³/mol. The maximum absolute atomic E-state index is 13.3. The normalized spacial score (nSPS) is 15.7. The standard InChI is InChI=1S/C23H33N2O6PS/c1-16(2)22(25-33(30,31)14-8-11-18-9-5-4-6-10-18)32(28,29)15-20(23(26)27)19-12-7-13-21(24)17(19)3/h4-7,9-10,12-13,16,20,22,25H,8,11,14-15,24H2,1-3H3,(H,26,27)(H,28,29)/t20?,22-/m1/s1. The first-order valence-corrected chi connectivity index (χ1v) is 14.3. The van der Waals surface area contributed by atoms with Crippen LogP contribution >= 0.6 is 7.37 Å². The van der Waals surface area contributed by atoms with Crippen LogP contribution < -0.4 is 10.5 Å². The highest BCUT2D eigenvalue weighted by Crippen LogP contribution is 2.51. The first-order chi connectivity index (χ1) is 15.3. The van der Waals surface area contributed by atoms with Crippen molar-refractivity contribution in [1.29, 1.82) is 0 Å². The Hall–Kier alpha value is -2.19. The van der Waals surface area contributed by atoms with Gasteiger partial charge in [-0.25, -0.2) is 13.1 Å². The van der Waals surface area contributed by atoms with Gasteiger partial charge in [0.05, 0.1) is 11.7 Å². The molecular formula is C23H33N2O6PS. The van der Waals surface area contributed by atoms with Gasteiger partial charge in [0.2, 0.25) is 17.4 Å². The van der Waals surface area contributed by atoms with E-state index in [-0.39, 0.29) is 5.75 Å². The lowest BCUT2D eigenvalue weighted by atomic mass is 9.95. The van der Waals surface area contributed by atoms with Gasteiger partial charge >= 0.3 is 5.97 Å². The number of hydrogen-bond donors (Lipinski definition) is 4. The van der Waals surface area contributed by atoms with Gasteiger partial charge < -0.3 is 15.7 Å². The SMILES string of the molecule is Cc1c(N)cccc1C(CP(=O)(O)[C@@H](NS(=O)(=O)CCCc1ccccc1)C(C)C)C(=O)O. The fourth-order valence-electron chi connectivity index (χ4n) is 3.77. The topological polar surface area (TPSA) is 147 Å². The highest BCUT2D eigenvalue weighted by Gasteiger charge is 2.40. The predicted octanol–water partition coefficient (Wildman–Crippen LogP) is 3.55. The fraction of sp³-hybridized carbons (Fsp3) is 0.435. The van der Waals surface area contributed by atoms with Crippen LogP contribution in [-0.2, 0) is 25.8 Å². The second-order valence-electron chi connectivity index (χ2n) is 8.61. The third-order valence-corrected chi connectivity index (χ3v) is 9.72. The Morgan fingerprint density at radius 1 is 1.12 bits per heavy atom. The molecule has 0 bridgehead atoms. The van der Waals surface area contributed by atoms with Crippen molar-refractivity contribution in [2.75, 3.05) is 17.6 Å². The minimum Gasteiger partial charge on any atom is -0.481 e. The van der Waals surface area contributed by atoms with Crippen LogP contribution in [0.5, 0.6) is 0 Å². The number of sulfonamides is 1. The summed E-state index contributed by atoms with van der Waals surface area (Å²) in [5.41, 5.74) is 8.13. The van der Waals surface area contributed by atoms with Crippen molar-refractivity contribution < 1.29 is 27.8 Å². The maximum atomic E-state index is 13.3. The van der Waals surface area contributed by atoms with Crippen molar-refractivity contribution in [3.63, 3.8) is 0 Å². The molecule has 0 aliphatic rings. The smallest absolute Gasteiger partial charge is 0.311 e. The van der Waals surface area contributed by atoms with Crippen LogP contribution in [0.2, 0.25) is 0 Å². The molecule has 5 N–H and O–H groups in total. The van der Waals surface area contributed by atoms with E-state index in [0.29, 0.717) is 29.7 Å². The average molecular weight is 497 g/mol. The maximum Gasteiger partial charge on any atom is 0.311 e. The zero-order valence-electron chi connectivity index (χ0n) is 19.1. The summed E-state index contributed by atoms with van der Waals surface area (Å²) in [6.07, 6.45) is 0.294. The van der Waals surface area contributed by atoms with E-state index in [2.05, 4.69) is 4.72 Å². The van der Waals surface area contributed by atoms with E-state index >= 15 is 0 Å². The number of nitrogen functional groups attached to an aromatic ring is 1. The third-order valence-electron chi connectivity index (χ3n) is 5.62. The van der Waals surface area contributed by atoms with Gasteiger partial charge in [0, 0.05) is 11.8 Å². The highest BCUT2D eigenvalue weighted by atomic mass is 32.2. The van der Waals surface area contributed by atoms with Crippen LogP contribution in [-0.4, -0.2) is 42.1 Å². The largest absolute Gasteiger partial charge is 0.481 e. The molecule has 0 aromatic heterocycles. The Labute approximate surface area is 195 Å². The van der Waals surface area contributed by atoms with Crippen LogP contribution in [0, 0.1) is 12.8 Å². The number of nitrogens with one attached hydrogen (secondary N) is 1. The first kappa shape index (κ1) is 27.1. The summed E-state index contributed by atoms with van der Waals surface area (Å²) in [6, 6.07) is 14.2. The lowest BCUT2D eigenvalue weighted by Gasteiger charge is -2.29. The van der Waals surface area contributed by atoms with Gasteiger partial charge in [-0.2, -0.15) is 0 Å². The second-order valence-corrected chi connectivity index (χ2v) is 12.9. The Balaban J connectivity index is 2.18. The summed E-state index contributed by atoms with van der Waals surface area (Å²) in [4.78, 5) is 22.9. The molecule has 0 spiro atoms. The van der Waals surface area contributed by atoms with Gasteiger partial charge in [0.1, 0.15) is 5.78 Å². The molecule has 10 heteroatoms. The molecule has 0 radical (unpaired) electrons. The van der Waals surface area contributed by atoms with E-state index < -0.39 is 47.1 Å². The van der Waals surface area contributed by atoms with Crippen LogP contribution in [0.15, 0.2) is 48.5 Å². The van der Waals surface area contributed by atoms with Crippen LogP contribution in [0.1, 0.15) is 42.9 Å². The first-order valence-electron chi connectivity index (χ1n) is 10.8. The van der Waals surface area contributed by atoms with Gasteiger partial charge in [-0.15, -0.1) is 0 Å². The second kappa shape index (κ2) is 11.3. The number of aliphatic carboxylic acids is 1. The van der Waals surface area contributed by atoms with Crippen molar-refractivity contribution in [3.05, 3.63) is 65.2 Å². The molecule has 0 saturated heterocycles. The van der Waals surface area contributed by atoms with Crippen LogP contribution in [0.25, 0.3) is 0 Å². The van der Waals surface area contributed by atoms with E-state index in [4.69, 9.17) is 5.73 Å². The van der Waals surface area contributed by atoms with E-state index in [9.17, 15) is 27.8 Å². The van der Waals surface area contributed by atoms with Gasteiger partial charge in [0.15, 0.2) is 0 Å². The molecule has 182 valence electrons. The molecule has 2 aromatic rings. The average Bonchev–Trinajstić information content (AvgIpc) is 2.73. The summed E-state index contributed by atoms with van der Waals surface area (Å²) in [5.74, 6) is -4.61. The molecule has 0 fully saturated rings. The number of aryl methyl sites for hydroxylation is 1. The number of rotatable bonds is 12. The third kappa shape index (κ3) is 7.67. The van der Waals surface area contributed by atoms with Crippen molar-refractivity contribution in [1.82, 2.24) is 4.72 Å². The number of benzene rings is 2. The van der Waals surface area contributed by atoms with Crippen molar-refractivity contribution >= 4 is 29.0 Å². The van der Waals surface area contributed by atoms with Gasteiger partial charge in [-0.05, 0) is 48.4 Å². The molecule has 0 heterocycles. The zero-order valence-corrected chi connectivity index (χ0v) is 20.9. The minimum atomic E-state index is -4.27. The van der Waals surface area contributed by atoms with Gasteiger partial charge in [0.25, 0.3) is 0 Å². The van der Waals surface area contributed by atoms with Gasteiger partial charge in [-0.1, -0.05) is 56.3 Å². The monoisotopic (exact) mass is 496 g/mol. The molecule has 8 nitrogen and oxygen atoms in total. The number of nitrogens with two attached hydrogens (primary N) is 1. The van der Waals surface area contributed by atoms with Gasteiger partial charge in [-0.3, -0.25) is 9.36 Å². The van der Waals surface area contributed by atoms with Crippen molar-refractivity contribution in [2.45, 2.75) is 45.3 Å². The number of anilines is 1. The number of carbonyl (C=O) groups is 1. The molecule has 0 aliphatic heterocycles. The number of carboxylic acid groups (broad SMARTS) is 1. The highest BCUT2D eigenvalue weighted by molar-refractivity contribution is 7.89. The molecule has 0 amide bonds. The molecule has 3 atom stereocenters. The molecule has 2 rings (SSSR count). The van der Waals surface area contributed by atoms with Crippen LogP contribution in [0.4, 0.5) is 5.69 Å². The van der Waals surface area contributed by atoms with Crippen LogP contribution in [0.3, 0.4) is 0 Å².